The Labute approximate surface area is 115 Å². The minimum atomic E-state index is 0.256. The van der Waals surface area contributed by atoms with Gasteiger partial charge in [0.25, 0.3) is 0 Å². The minimum Gasteiger partial charge on any atom is -0.493 e. The van der Waals surface area contributed by atoms with E-state index in [0.29, 0.717) is 6.04 Å². The van der Waals surface area contributed by atoms with Crippen LogP contribution in [0.2, 0.25) is 0 Å². The standard InChI is InChI=1S/C15H24N2O2/c1-17(13-7-5-4-6-12(13)16)11-8-9-14(18-2)15(10-11)19-3/h8-10,12-13H,4-7,16H2,1-3H3. The number of nitrogens with two attached hydrogens (primary N) is 1. The number of rotatable bonds is 4. The Kier molecular flexibility index (Phi) is 4.53. The Morgan fingerprint density at radius 2 is 1.79 bits per heavy atom. The van der Waals surface area contributed by atoms with E-state index in [1.54, 1.807) is 14.2 Å². The highest BCUT2D eigenvalue weighted by atomic mass is 16.5. The maximum absolute atomic E-state index is 6.25. The first-order valence-corrected chi connectivity index (χ1v) is 6.87. The van der Waals surface area contributed by atoms with Crippen LogP contribution in [0.1, 0.15) is 25.7 Å². The average Bonchev–Trinajstić information content (AvgIpc) is 2.46. The molecule has 1 aliphatic rings. The van der Waals surface area contributed by atoms with E-state index in [-0.39, 0.29) is 6.04 Å². The van der Waals surface area contributed by atoms with E-state index in [1.165, 1.54) is 12.8 Å². The predicted octanol–water partition coefficient (Wildman–Crippen LogP) is 2.41. The van der Waals surface area contributed by atoms with Gasteiger partial charge in [-0.2, -0.15) is 0 Å². The molecular weight excluding hydrogens is 240 g/mol. The zero-order valence-electron chi connectivity index (χ0n) is 12.1. The van der Waals surface area contributed by atoms with Crippen LogP contribution < -0.4 is 20.1 Å². The Bertz CT molecular complexity index is 423. The Morgan fingerprint density at radius 3 is 2.42 bits per heavy atom. The van der Waals surface area contributed by atoms with Crippen LogP contribution >= 0.6 is 0 Å². The van der Waals surface area contributed by atoms with E-state index < -0.39 is 0 Å². The maximum atomic E-state index is 6.25. The molecule has 0 radical (unpaired) electrons. The van der Waals surface area contributed by atoms with Crippen LogP contribution in [0.5, 0.6) is 11.5 Å². The topological polar surface area (TPSA) is 47.7 Å². The Morgan fingerprint density at radius 1 is 1.11 bits per heavy atom. The van der Waals surface area contributed by atoms with Crippen molar-refractivity contribution in [3.63, 3.8) is 0 Å². The number of ether oxygens (including phenoxy) is 2. The van der Waals surface area contributed by atoms with E-state index in [2.05, 4.69) is 18.0 Å². The molecule has 1 aliphatic carbocycles. The van der Waals surface area contributed by atoms with Crippen molar-refractivity contribution < 1.29 is 9.47 Å². The fraction of sp³-hybridized carbons (Fsp3) is 0.600. The van der Waals surface area contributed by atoms with Crippen molar-refractivity contribution in [2.24, 2.45) is 5.73 Å². The molecule has 1 fully saturated rings. The minimum absolute atomic E-state index is 0.256. The zero-order valence-corrected chi connectivity index (χ0v) is 12.1. The molecule has 0 bridgehead atoms. The van der Waals surface area contributed by atoms with Crippen molar-refractivity contribution in [3.8, 4) is 11.5 Å². The number of methoxy groups -OCH3 is 2. The van der Waals surface area contributed by atoms with Crippen molar-refractivity contribution >= 4 is 5.69 Å². The van der Waals surface area contributed by atoms with E-state index in [9.17, 15) is 0 Å². The summed E-state index contributed by atoms with van der Waals surface area (Å²) in [7, 11) is 5.42. The molecule has 19 heavy (non-hydrogen) atoms. The lowest BCUT2D eigenvalue weighted by Gasteiger charge is -2.37. The molecule has 1 saturated carbocycles. The molecule has 0 spiro atoms. The first-order chi connectivity index (χ1) is 9.17. The second-order valence-corrected chi connectivity index (χ2v) is 5.17. The molecule has 2 rings (SSSR count). The second kappa shape index (κ2) is 6.15. The van der Waals surface area contributed by atoms with Crippen LogP contribution in [0.3, 0.4) is 0 Å². The van der Waals surface area contributed by atoms with E-state index >= 15 is 0 Å². The quantitative estimate of drug-likeness (QED) is 0.907. The average molecular weight is 264 g/mol. The van der Waals surface area contributed by atoms with Crippen LogP contribution in [0, 0.1) is 0 Å². The zero-order chi connectivity index (χ0) is 13.8. The van der Waals surface area contributed by atoms with E-state index in [4.69, 9.17) is 15.2 Å². The van der Waals surface area contributed by atoms with Gasteiger partial charge in [-0.25, -0.2) is 0 Å². The molecule has 4 heteroatoms. The number of likely N-dealkylation sites (N-methyl/N-ethyl adjacent to an activating group) is 1. The largest absolute Gasteiger partial charge is 0.493 e. The van der Waals surface area contributed by atoms with Crippen molar-refractivity contribution in [1.82, 2.24) is 0 Å². The third-order valence-electron chi connectivity index (χ3n) is 4.05. The molecule has 2 N–H and O–H groups in total. The van der Waals surface area contributed by atoms with Crippen molar-refractivity contribution in [2.75, 3.05) is 26.2 Å². The predicted molar refractivity (Wildman–Crippen MR) is 78.2 cm³/mol. The van der Waals surface area contributed by atoms with Gasteiger partial charge < -0.3 is 20.1 Å². The summed E-state index contributed by atoms with van der Waals surface area (Å²) < 4.78 is 10.6. The van der Waals surface area contributed by atoms with Gasteiger partial charge in [-0.15, -0.1) is 0 Å². The molecule has 2 unspecified atom stereocenters. The molecular formula is C15H24N2O2. The molecule has 0 saturated heterocycles. The van der Waals surface area contributed by atoms with Crippen molar-refractivity contribution in [3.05, 3.63) is 18.2 Å². The first kappa shape index (κ1) is 14.0. The van der Waals surface area contributed by atoms with Gasteiger partial charge in [0, 0.05) is 30.9 Å². The number of anilines is 1. The summed E-state index contributed by atoms with van der Waals surface area (Å²) in [6.07, 6.45) is 4.78. The SMILES string of the molecule is COc1ccc(N(C)C2CCCCC2N)cc1OC. The third-order valence-corrected chi connectivity index (χ3v) is 4.05. The van der Waals surface area contributed by atoms with Crippen molar-refractivity contribution in [2.45, 2.75) is 37.8 Å². The molecule has 0 aromatic heterocycles. The maximum Gasteiger partial charge on any atom is 0.162 e. The van der Waals surface area contributed by atoms with Gasteiger partial charge in [-0.05, 0) is 25.0 Å². The van der Waals surface area contributed by atoms with E-state index in [1.807, 2.05) is 12.1 Å². The molecule has 0 amide bonds. The van der Waals surface area contributed by atoms with Crippen LogP contribution in [-0.2, 0) is 0 Å². The molecule has 106 valence electrons. The van der Waals surface area contributed by atoms with Crippen LogP contribution in [0.4, 0.5) is 5.69 Å². The van der Waals surface area contributed by atoms with Crippen molar-refractivity contribution in [1.29, 1.82) is 0 Å². The fourth-order valence-electron chi connectivity index (χ4n) is 2.86. The van der Waals surface area contributed by atoms with Gasteiger partial charge in [-0.3, -0.25) is 0 Å². The summed E-state index contributed by atoms with van der Waals surface area (Å²) in [6, 6.07) is 6.68. The van der Waals surface area contributed by atoms with Gasteiger partial charge >= 0.3 is 0 Å². The molecule has 0 heterocycles. The third kappa shape index (κ3) is 2.95. The van der Waals surface area contributed by atoms with Gasteiger partial charge in [-0.1, -0.05) is 12.8 Å². The molecule has 4 nitrogen and oxygen atoms in total. The summed E-state index contributed by atoms with van der Waals surface area (Å²) in [5.41, 5.74) is 7.37. The fourth-order valence-corrected chi connectivity index (χ4v) is 2.86. The monoisotopic (exact) mass is 264 g/mol. The summed E-state index contributed by atoms with van der Waals surface area (Å²) in [5.74, 6) is 1.52. The lowest BCUT2D eigenvalue weighted by atomic mass is 9.90. The lowest BCUT2D eigenvalue weighted by Crippen LogP contribution is -2.48. The molecule has 1 aromatic rings. The van der Waals surface area contributed by atoms with Gasteiger partial charge in [0.15, 0.2) is 11.5 Å². The smallest absolute Gasteiger partial charge is 0.162 e. The van der Waals surface area contributed by atoms with Gasteiger partial charge in [0.2, 0.25) is 0 Å². The highest BCUT2D eigenvalue weighted by Gasteiger charge is 2.26. The molecule has 1 aromatic carbocycles. The lowest BCUT2D eigenvalue weighted by molar-refractivity contribution is 0.353. The number of hydrogen-bond donors (Lipinski definition) is 1. The summed E-state index contributed by atoms with van der Waals surface area (Å²) >= 11 is 0. The van der Waals surface area contributed by atoms with Gasteiger partial charge in [0.1, 0.15) is 0 Å². The Balaban J connectivity index is 2.20. The van der Waals surface area contributed by atoms with Crippen LogP contribution in [0.15, 0.2) is 18.2 Å². The summed E-state index contributed by atoms with van der Waals surface area (Å²) in [6.45, 7) is 0. The van der Waals surface area contributed by atoms with Crippen LogP contribution in [0.25, 0.3) is 0 Å². The Hall–Kier alpha value is -1.42. The van der Waals surface area contributed by atoms with Crippen LogP contribution in [-0.4, -0.2) is 33.4 Å². The highest BCUT2D eigenvalue weighted by molar-refractivity contribution is 5.56. The number of nitrogens with zero attached hydrogens (tertiary/aromatic N) is 1. The molecule has 2 atom stereocenters. The highest BCUT2D eigenvalue weighted by Crippen LogP contribution is 2.33. The summed E-state index contributed by atoms with van der Waals surface area (Å²) in [5, 5.41) is 0. The second-order valence-electron chi connectivity index (χ2n) is 5.17. The molecule has 0 aliphatic heterocycles. The normalized spacial score (nSPS) is 22.9. The van der Waals surface area contributed by atoms with E-state index in [0.717, 1.165) is 30.0 Å². The summed E-state index contributed by atoms with van der Waals surface area (Å²) in [4.78, 5) is 2.27. The number of benzene rings is 1. The number of hydrogen-bond acceptors (Lipinski definition) is 4. The van der Waals surface area contributed by atoms with Gasteiger partial charge in [0.05, 0.1) is 14.2 Å². The first-order valence-electron chi connectivity index (χ1n) is 6.87.